The summed E-state index contributed by atoms with van der Waals surface area (Å²) in [7, 11) is 0. The Kier molecular flexibility index (Phi) is 5.00. The SMILES string of the molecule is O=C(NNC(=O)C1CC(=O)N(c2ccccc2)C1)c1ccc(Cl)cc1. The average Bonchev–Trinajstić information content (AvgIpc) is 3.02. The van der Waals surface area contributed by atoms with Crippen LogP contribution in [0.1, 0.15) is 16.8 Å². The van der Waals surface area contributed by atoms with Crippen LogP contribution < -0.4 is 15.8 Å². The number of rotatable bonds is 3. The molecule has 1 saturated heterocycles. The van der Waals surface area contributed by atoms with Gasteiger partial charge in [0.2, 0.25) is 11.8 Å². The highest BCUT2D eigenvalue weighted by molar-refractivity contribution is 6.30. The summed E-state index contributed by atoms with van der Waals surface area (Å²) in [5, 5.41) is 0.519. The molecule has 0 radical (unpaired) electrons. The third-order valence-electron chi connectivity index (χ3n) is 3.97. The molecular weight excluding hydrogens is 342 g/mol. The van der Waals surface area contributed by atoms with Gasteiger partial charge in [-0.05, 0) is 36.4 Å². The smallest absolute Gasteiger partial charge is 0.269 e. The topological polar surface area (TPSA) is 78.5 Å². The lowest BCUT2D eigenvalue weighted by atomic mass is 10.1. The molecule has 0 aromatic heterocycles. The molecule has 2 aromatic rings. The predicted octanol–water partition coefficient (Wildman–Crippen LogP) is 2.15. The van der Waals surface area contributed by atoms with E-state index in [0.717, 1.165) is 5.69 Å². The lowest BCUT2D eigenvalue weighted by Gasteiger charge is -2.16. The zero-order chi connectivity index (χ0) is 17.8. The van der Waals surface area contributed by atoms with Crippen molar-refractivity contribution in [3.05, 3.63) is 65.2 Å². The summed E-state index contributed by atoms with van der Waals surface area (Å²) < 4.78 is 0. The van der Waals surface area contributed by atoms with Gasteiger partial charge in [0.05, 0.1) is 5.92 Å². The van der Waals surface area contributed by atoms with Gasteiger partial charge in [-0.1, -0.05) is 29.8 Å². The fraction of sp³-hybridized carbons (Fsp3) is 0.167. The third kappa shape index (κ3) is 3.97. The van der Waals surface area contributed by atoms with E-state index >= 15 is 0 Å². The summed E-state index contributed by atoms with van der Waals surface area (Å²) in [4.78, 5) is 37.9. The Bertz CT molecular complexity index is 793. The van der Waals surface area contributed by atoms with Crippen LogP contribution in [-0.2, 0) is 9.59 Å². The number of nitrogens with one attached hydrogen (secondary N) is 2. The fourth-order valence-corrected chi connectivity index (χ4v) is 2.76. The van der Waals surface area contributed by atoms with E-state index in [0.29, 0.717) is 10.6 Å². The summed E-state index contributed by atoms with van der Waals surface area (Å²) in [5.74, 6) is -1.48. The number of para-hydroxylation sites is 1. The lowest BCUT2D eigenvalue weighted by molar-refractivity contribution is -0.126. The van der Waals surface area contributed by atoms with Gasteiger partial charge in [-0.15, -0.1) is 0 Å². The molecule has 3 amide bonds. The van der Waals surface area contributed by atoms with E-state index in [9.17, 15) is 14.4 Å². The predicted molar refractivity (Wildman–Crippen MR) is 94.0 cm³/mol. The molecular formula is C18H16ClN3O3. The molecule has 0 aliphatic carbocycles. The van der Waals surface area contributed by atoms with Crippen LogP contribution in [0, 0.1) is 5.92 Å². The van der Waals surface area contributed by atoms with Crippen LogP contribution in [0.2, 0.25) is 5.02 Å². The van der Waals surface area contributed by atoms with Gasteiger partial charge >= 0.3 is 0 Å². The zero-order valence-electron chi connectivity index (χ0n) is 13.2. The molecule has 0 saturated carbocycles. The standard InChI is InChI=1S/C18H16ClN3O3/c19-14-8-6-12(7-9-14)17(24)20-21-18(25)13-10-16(23)22(11-13)15-4-2-1-3-5-15/h1-9,13H,10-11H2,(H,20,24)(H,21,25). The van der Waals surface area contributed by atoms with Crippen LogP contribution in [-0.4, -0.2) is 24.3 Å². The molecule has 0 spiro atoms. The van der Waals surface area contributed by atoms with E-state index in [1.807, 2.05) is 30.3 Å². The maximum atomic E-state index is 12.2. The number of hydrogen-bond donors (Lipinski definition) is 2. The van der Waals surface area contributed by atoms with Crippen molar-refractivity contribution in [2.45, 2.75) is 6.42 Å². The van der Waals surface area contributed by atoms with Crippen molar-refractivity contribution in [2.75, 3.05) is 11.4 Å². The first-order valence-electron chi connectivity index (χ1n) is 7.76. The molecule has 6 nitrogen and oxygen atoms in total. The Balaban J connectivity index is 1.56. The maximum absolute atomic E-state index is 12.2. The summed E-state index contributed by atoms with van der Waals surface area (Å²) in [6, 6.07) is 15.5. The number of anilines is 1. The van der Waals surface area contributed by atoms with Crippen LogP contribution >= 0.6 is 11.6 Å². The van der Waals surface area contributed by atoms with E-state index in [1.54, 1.807) is 29.2 Å². The quantitative estimate of drug-likeness (QED) is 0.826. The van der Waals surface area contributed by atoms with E-state index < -0.39 is 17.7 Å². The number of carbonyl (C=O) groups is 3. The molecule has 1 aliphatic heterocycles. The third-order valence-corrected chi connectivity index (χ3v) is 4.22. The minimum absolute atomic E-state index is 0.109. The van der Waals surface area contributed by atoms with Crippen LogP contribution in [0.15, 0.2) is 54.6 Å². The summed E-state index contributed by atoms with van der Waals surface area (Å²) in [5.41, 5.74) is 5.86. The molecule has 1 aliphatic rings. The summed E-state index contributed by atoms with van der Waals surface area (Å²) in [6.45, 7) is 0.283. The largest absolute Gasteiger partial charge is 0.312 e. The fourth-order valence-electron chi connectivity index (χ4n) is 2.63. The molecule has 2 N–H and O–H groups in total. The van der Waals surface area contributed by atoms with Gasteiger partial charge in [-0.3, -0.25) is 25.2 Å². The molecule has 25 heavy (non-hydrogen) atoms. The Morgan fingerprint density at radius 3 is 2.36 bits per heavy atom. The molecule has 1 unspecified atom stereocenters. The van der Waals surface area contributed by atoms with Crippen molar-refractivity contribution in [1.82, 2.24) is 10.9 Å². The Hall–Kier alpha value is -2.86. The van der Waals surface area contributed by atoms with Crippen molar-refractivity contribution in [2.24, 2.45) is 5.92 Å². The zero-order valence-corrected chi connectivity index (χ0v) is 14.0. The highest BCUT2D eigenvalue weighted by atomic mass is 35.5. The second kappa shape index (κ2) is 7.36. The number of amides is 3. The number of nitrogens with zero attached hydrogens (tertiary/aromatic N) is 1. The molecule has 3 rings (SSSR count). The maximum Gasteiger partial charge on any atom is 0.269 e. The highest BCUT2D eigenvalue weighted by Gasteiger charge is 2.35. The normalized spacial score (nSPS) is 16.6. The first-order valence-corrected chi connectivity index (χ1v) is 8.13. The average molecular weight is 358 g/mol. The molecule has 0 bridgehead atoms. The van der Waals surface area contributed by atoms with Crippen molar-refractivity contribution >= 4 is 35.0 Å². The van der Waals surface area contributed by atoms with Gasteiger partial charge in [0, 0.05) is 29.2 Å². The van der Waals surface area contributed by atoms with Gasteiger partial charge in [0.25, 0.3) is 5.91 Å². The minimum atomic E-state index is -0.516. The first kappa shape index (κ1) is 17.0. The number of carbonyl (C=O) groups excluding carboxylic acids is 3. The molecule has 1 atom stereocenters. The number of benzene rings is 2. The first-order chi connectivity index (χ1) is 12.0. The summed E-state index contributed by atoms with van der Waals surface area (Å²) in [6.07, 6.45) is 0.109. The number of halogens is 1. The van der Waals surface area contributed by atoms with E-state index in [-0.39, 0.29) is 18.9 Å². The molecule has 2 aromatic carbocycles. The highest BCUT2D eigenvalue weighted by Crippen LogP contribution is 2.24. The van der Waals surface area contributed by atoms with Crippen LogP contribution in [0.5, 0.6) is 0 Å². The number of hydrogen-bond acceptors (Lipinski definition) is 3. The monoisotopic (exact) mass is 357 g/mol. The van der Waals surface area contributed by atoms with Crippen LogP contribution in [0.3, 0.4) is 0 Å². The van der Waals surface area contributed by atoms with E-state index in [2.05, 4.69) is 10.9 Å². The van der Waals surface area contributed by atoms with E-state index in [1.165, 1.54) is 0 Å². The molecule has 7 heteroatoms. The second-order valence-corrected chi connectivity index (χ2v) is 6.13. The van der Waals surface area contributed by atoms with Gasteiger partial charge in [0.1, 0.15) is 0 Å². The van der Waals surface area contributed by atoms with Crippen molar-refractivity contribution in [3.63, 3.8) is 0 Å². The molecule has 128 valence electrons. The Morgan fingerprint density at radius 1 is 1.00 bits per heavy atom. The second-order valence-electron chi connectivity index (χ2n) is 5.69. The number of hydrazine groups is 1. The Labute approximate surface area is 149 Å². The minimum Gasteiger partial charge on any atom is -0.312 e. The van der Waals surface area contributed by atoms with Crippen molar-refractivity contribution in [3.8, 4) is 0 Å². The van der Waals surface area contributed by atoms with E-state index in [4.69, 9.17) is 11.6 Å². The van der Waals surface area contributed by atoms with Crippen LogP contribution in [0.4, 0.5) is 5.69 Å². The van der Waals surface area contributed by atoms with Gasteiger partial charge < -0.3 is 4.90 Å². The van der Waals surface area contributed by atoms with Crippen molar-refractivity contribution in [1.29, 1.82) is 0 Å². The van der Waals surface area contributed by atoms with Gasteiger partial charge in [0.15, 0.2) is 0 Å². The molecule has 1 heterocycles. The van der Waals surface area contributed by atoms with Crippen molar-refractivity contribution < 1.29 is 14.4 Å². The Morgan fingerprint density at radius 2 is 1.68 bits per heavy atom. The van der Waals surface area contributed by atoms with Gasteiger partial charge in [-0.2, -0.15) is 0 Å². The molecule has 1 fully saturated rings. The lowest BCUT2D eigenvalue weighted by Crippen LogP contribution is -2.45. The van der Waals surface area contributed by atoms with Gasteiger partial charge in [-0.25, -0.2) is 0 Å². The van der Waals surface area contributed by atoms with Crippen LogP contribution in [0.25, 0.3) is 0 Å². The summed E-state index contributed by atoms with van der Waals surface area (Å²) >= 11 is 5.77.